The van der Waals surface area contributed by atoms with Gasteiger partial charge in [0.2, 0.25) is 0 Å². The number of unbranched alkanes of at least 4 members (excludes halogenated alkanes) is 10. The van der Waals surface area contributed by atoms with Crippen molar-refractivity contribution in [3.63, 3.8) is 0 Å². The summed E-state index contributed by atoms with van der Waals surface area (Å²) >= 11 is 0. The zero-order valence-corrected chi connectivity index (χ0v) is 52.0. The van der Waals surface area contributed by atoms with Crippen LogP contribution in [0, 0.1) is 0 Å². The van der Waals surface area contributed by atoms with E-state index in [0.29, 0.717) is 36.8 Å². The number of aliphatic imine (C=N–C) groups is 2. The number of benzene rings is 4. The number of aryl methyl sites for hydroxylation is 6. The number of hydrogen-bond acceptors (Lipinski definition) is 8. The van der Waals surface area contributed by atoms with Crippen LogP contribution in [0.15, 0.2) is 58.5 Å². The molecule has 0 aliphatic heterocycles. The van der Waals surface area contributed by atoms with E-state index >= 15 is 0 Å². The van der Waals surface area contributed by atoms with E-state index in [4.69, 9.17) is 20.2 Å². The molecule has 0 aromatic heterocycles. The van der Waals surface area contributed by atoms with Crippen molar-refractivity contribution in [2.45, 2.75) is 262 Å². The molecule has 0 fully saturated rings. The van der Waals surface area contributed by atoms with Gasteiger partial charge in [-0.05, 0) is 184 Å². The van der Waals surface area contributed by atoms with Gasteiger partial charge < -0.3 is 30.6 Å². The van der Waals surface area contributed by atoms with Gasteiger partial charge in [-0.1, -0.05) is 183 Å². The summed E-state index contributed by atoms with van der Waals surface area (Å²) in [5.41, 5.74) is 12.7. The molecule has 79 heavy (non-hydrogen) atoms. The minimum absolute atomic E-state index is 0. The molecule has 4 rings (SSSR count). The zero-order valence-electron chi connectivity index (χ0n) is 50.5. The van der Waals surface area contributed by atoms with Crippen molar-refractivity contribution in [3.05, 3.63) is 104 Å². The second kappa shape index (κ2) is 42.0. The van der Waals surface area contributed by atoms with E-state index in [1.54, 1.807) is 0 Å². The Morgan fingerprint density at radius 1 is 0.380 bits per heavy atom. The SMILES string of the molecule is CCCCCc1cc(CCCCC)cc(N=C(CCCC)C(CCCC)=Nc2cc(CCCCC)cc(CCCCC)c2)c1.CCCc1cc(O)c([O-])c(C(=O)O)c1CCC.CCCc1cc(O)c([O-])c(C(=O)O)c1CCC.[Pd+2]. The predicted octanol–water partition coefficient (Wildman–Crippen LogP) is 18.0. The molecule has 0 unspecified atom stereocenters. The molecule has 10 nitrogen and oxygen atoms in total. The molecule has 442 valence electrons. The van der Waals surface area contributed by atoms with Crippen LogP contribution in [0.5, 0.6) is 23.0 Å². The van der Waals surface area contributed by atoms with Gasteiger partial charge >= 0.3 is 32.4 Å². The Labute approximate surface area is 491 Å². The van der Waals surface area contributed by atoms with Crippen molar-refractivity contribution in [2.24, 2.45) is 9.98 Å². The van der Waals surface area contributed by atoms with Gasteiger partial charge in [0.15, 0.2) is 0 Å². The molecular formula is C68H102N2O8Pd. The van der Waals surface area contributed by atoms with Crippen molar-refractivity contribution < 1.29 is 60.7 Å². The largest absolute Gasteiger partial charge is 2.00 e. The Bertz CT molecular complexity index is 2240. The van der Waals surface area contributed by atoms with Crippen LogP contribution in [0.4, 0.5) is 11.4 Å². The van der Waals surface area contributed by atoms with E-state index in [1.165, 1.54) is 136 Å². The molecule has 11 heteroatoms. The number of aromatic carboxylic acids is 2. The number of aromatic hydroxyl groups is 2. The first kappa shape index (κ1) is 72.0. The van der Waals surface area contributed by atoms with E-state index < -0.39 is 34.9 Å². The Morgan fingerprint density at radius 2 is 0.658 bits per heavy atom. The summed E-state index contributed by atoms with van der Waals surface area (Å²) in [7, 11) is 0. The maximum absolute atomic E-state index is 11.6. The van der Waals surface area contributed by atoms with Crippen LogP contribution in [-0.2, 0) is 71.8 Å². The average molecular weight is 1180 g/mol. The molecule has 0 aliphatic carbocycles. The third-order valence-electron chi connectivity index (χ3n) is 14.1. The van der Waals surface area contributed by atoms with Gasteiger partial charge in [0, 0.05) is 0 Å². The number of phenols is 2. The van der Waals surface area contributed by atoms with Gasteiger partial charge in [-0.25, -0.2) is 9.59 Å². The number of carboxylic acid groups (broad SMARTS) is 2. The molecule has 4 aromatic rings. The second-order valence-electron chi connectivity index (χ2n) is 21.3. The molecule has 0 radical (unpaired) electrons. The Morgan fingerprint density at radius 3 is 0.899 bits per heavy atom. The fourth-order valence-electron chi connectivity index (χ4n) is 10.0. The van der Waals surface area contributed by atoms with Crippen LogP contribution in [-0.4, -0.2) is 43.8 Å². The van der Waals surface area contributed by atoms with Gasteiger partial charge in [-0.2, -0.15) is 0 Å². The topological polar surface area (TPSA) is 186 Å². The van der Waals surface area contributed by atoms with Crippen LogP contribution in [0.3, 0.4) is 0 Å². The summed E-state index contributed by atoms with van der Waals surface area (Å²) in [6.07, 6.45) is 32.2. The molecular weight excluding hydrogens is 1080 g/mol. The van der Waals surface area contributed by atoms with Crippen LogP contribution < -0.4 is 10.2 Å². The fraction of sp³-hybridized carbons (Fsp3) is 0.588. The molecule has 0 spiro atoms. The quantitative estimate of drug-likeness (QED) is 0.0199. The monoisotopic (exact) mass is 1180 g/mol. The maximum atomic E-state index is 11.6. The van der Waals surface area contributed by atoms with Crippen molar-refractivity contribution >= 4 is 34.7 Å². The molecule has 4 N–H and O–H groups in total. The summed E-state index contributed by atoms with van der Waals surface area (Å²) in [6, 6.07) is 17.3. The van der Waals surface area contributed by atoms with Crippen LogP contribution >= 0.6 is 0 Å². The molecule has 0 bridgehead atoms. The van der Waals surface area contributed by atoms with Crippen molar-refractivity contribution in [1.29, 1.82) is 0 Å². The van der Waals surface area contributed by atoms with Gasteiger partial charge in [0.25, 0.3) is 0 Å². The normalized spacial score (nSPS) is 11.4. The van der Waals surface area contributed by atoms with E-state index in [0.717, 1.165) is 99.6 Å². The number of hydrogen-bond donors (Lipinski definition) is 4. The average Bonchev–Trinajstić information content (AvgIpc) is 3.46. The van der Waals surface area contributed by atoms with Crippen LogP contribution in [0.25, 0.3) is 0 Å². The van der Waals surface area contributed by atoms with Gasteiger partial charge in [0.1, 0.15) is 11.5 Å². The van der Waals surface area contributed by atoms with Gasteiger partial charge in [0.05, 0.1) is 33.9 Å². The van der Waals surface area contributed by atoms with Gasteiger partial charge in [-0.3, -0.25) is 9.98 Å². The molecule has 0 atom stereocenters. The first-order valence-electron chi connectivity index (χ1n) is 30.6. The molecule has 4 aromatic carbocycles. The molecule has 0 saturated carbocycles. The standard InChI is InChI=1S/C42H68N2.2C13H18O4.Pd/c1-7-13-19-23-35-29-36(24-20-14-8-2)32-39(31-35)43-41(27-17-11-5)42(28-18-12-6)44-40-33-37(25-21-15-9-3)30-38(34-40)26-22-16-10-4;2*1-3-5-8-7-10(14)12(15)11(13(16)17)9(8)6-4-2;/h29-34H,7-28H2,1-6H3;2*7,14-15H,3-6H2,1-2H3,(H,16,17);/q;;;+2/p-2. The third-order valence-corrected chi connectivity index (χ3v) is 14.1. The first-order valence-corrected chi connectivity index (χ1v) is 30.6. The number of phenolic OH excluding ortho intramolecular Hbond substituents is 2. The molecule has 0 heterocycles. The minimum atomic E-state index is -1.26. The molecule has 0 amide bonds. The van der Waals surface area contributed by atoms with E-state index in [1.807, 2.05) is 27.7 Å². The Hall–Kier alpha value is -4.98. The Kier molecular flexibility index (Phi) is 38.3. The number of carbonyl (C=O) groups is 2. The smallest absolute Gasteiger partial charge is 0.869 e. The summed E-state index contributed by atoms with van der Waals surface area (Å²) < 4.78 is 0. The summed E-state index contributed by atoms with van der Waals surface area (Å²) in [5, 5.41) is 60.4. The number of rotatable bonds is 35. The maximum Gasteiger partial charge on any atom is 2.00 e. The number of nitrogens with zero attached hydrogens (tertiary/aromatic N) is 2. The fourth-order valence-corrected chi connectivity index (χ4v) is 10.0. The van der Waals surface area contributed by atoms with Crippen molar-refractivity contribution in [3.8, 4) is 23.0 Å². The summed E-state index contributed by atoms with van der Waals surface area (Å²) in [4.78, 5) is 33.2. The van der Waals surface area contributed by atoms with Crippen LogP contribution in [0.2, 0.25) is 0 Å². The molecule has 0 saturated heterocycles. The van der Waals surface area contributed by atoms with E-state index in [-0.39, 0.29) is 31.5 Å². The Balaban J connectivity index is 0.000000724. The van der Waals surface area contributed by atoms with E-state index in [2.05, 4.69) is 77.9 Å². The van der Waals surface area contributed by atoms with E-state index in [9.17, 15) is 30.0 Å². The molecule has 0 aliphatic rings. The zero-order chi connectivity index (χ0) is 57.8. The third kappa shape index (κ3) is 26.0. The predicted molar refractivity (Wildman–Crippen MR) is 324 cm³/mol. The minimum Gasteiger partial charge on any atom is -0.869 e. The summed E-state index contributed by atoms with van der Waals surface area (Å²) in [5.74, 6) is -5.00. The second-order valence-corrected chi connectivity index (χ2v) is 21.3. The summed E-state index contributed by atoms with van der Waals surface area (Å²) in [6.45, 7) is 21.6. The van der Waals surface area contributed by atoms with Crippen molar-refractivity contribution in [2.75, 3.05) is 0 Å². The first-order chi connectivity index (χ1) is 37.6. The number of carboxylic acids is 2. The van der Waals surface area contributed by atoms with Crippen LogP contribution in [0.1, 0.15) is 276 Å². The van der Waals surface area contributed by atoms with Gasteiger partial charge in [-0.15, -0.1) is 0 Å². The van der Waals surface area contributed by atoms with Crippen molar-refractivity contribution in [1.82, 2.24) is 0 Å².